The third kappa shape index (κ3) is 4.03. The maximum Gasteiger partial charge on any atom is 0.252 e. The molecule has 1 amide bonds. The van der Waals surface area contributed by atoms with E-state index in [0.717, 1.165) is 15.4 Å². The zero-order valence-corrected chi connectivity index (χ0v) is 16.1. The molecule has 0 unspecified atom stereocenters. The number of nitrogens with one attached hydrogen (secondary N) is 1. The molecule has 2 rings (SSSR count). The topological polar surface area (TPSA) is 66.5 Å². The van der Waals surface area contributed by atoms with Gasteiger partial charge >= 0.3 is 0 Å². The molecular weight excluding hydrogens is 392 g/mol. The van der Waals surface area contributed by atoms with E-state index in [1.807, 2.05) is 31.2 Å². The van der Waals surface area contributed by atoms with Crippen molar-refractivity contribution in [1.82, 2.24) is 9.62 Å². The molecular formula is C17H19BrN2O3S. The number of nitrogens with zero attached hydrogens (tertiary/aromatic N) is 1. The van der Waals surface area contributed by atoms with E-state index >= 15 is 0 Å². The van der Waals surface area contributed by atoms with Crippen LogP contribution < -0.4 is 5.32 Å². The lowest BCUT2D eigenvalue weighted by Gasteiger charge is -2.13. The van der Waals surface area contributed by atoms with Gasteiger partial charge in [-0.25, -0.2) is 12.7 Å². The summed E-state index contributed by atoms with van der Waals surface area (Å²) in [6.07, 6.45) is 0. The summed E-state index contributed by atoms with van der Waals surface area (Å²) in [6, 6.07) is 12.2. The summed E-state index contributed by atoms with van der Waals surface area (Å²) in [4.78, 5) is 12.5. The van der Waals surface area contributed by atoms with Gasteiger partial charge in [-0.2, -0.15) is 0 Å². The highest BCUT2D eigenvalue weighted by atomic mass is 79.9. The Balaban J connectivity index is 2.25. The van der Waals surface area contributed by atoms with Crippen LogP contribution in [-0.4, -0.2) is 32.7 Å². The predicted molar refractivity (Wildman–Crippen MR) is 97.4 cm³/mol. The molecule has 0 atom stereocenters. The van der Waals surface area contributed by atoms with Crippen molar-refractivity contribution in [2.75, 3.05) is 14.1 Å². The van der Waals surface area contributed by atoms with Gasteiger partial charge in [0.2, 0.25) is 10.0 Å². The molecule has 5 nitrogen and oxygen atoms in total. The lowest BCUT2D eigenvalue weighted by molar-refractivity contribution is 0.0950. The van der Waals surface area contributed by atoms with Crippen LogP contribution in [0.2, 0.25) is 0 Å². The van der Waals surface area contributed by atoms with Crippen LogP contribution in [0.1, 0.15) is 21.5 Å². The first-order valence-electron chi connectivity index (χ1n) is 7.28. The second kappa shape index (κ2) is 7.46. The zero-order chi connectivity index (χ0) is 17.9. The van der Waals surface area contributed by atoms with Gasteiger partial charge in [-0.1, -0.05) is 24.3 Å². The average Bonchev–Trinajstić information content (AvgIpc) is 2.54. The van der Waals surface area contributed by atoms with E-state index in [-0.39, 0.29) is 16.4 Å². The molecule has 7 heteroatoms. The van der Waals surface area contributed by atoms with Gasteiger partial charge in [-0.05, 0) is 52.2 Å². The van der Waals surface area contributed by atoms with Crippen LogP contribution in [0.4, 0.5) is 0 Å². The fraction of sp³-hybridized carbons (Fsp3) is 0.235. The third-order valence-corrected chi connectivity index (χ3v) is 6.16. The fourth-order valence-electron chi connectivity index (χ4n) is 2.13. The normalized spacial score (nSPS) is 11.5. The van der Waals surface area contributed by atoms with Gasteiger partial charge in [0.05, 0.1) is 10.5 Å². The number of aryl methyl sites for hydroxylation is 1. The summed E-state index contributed by atoms with van der Waals surface area (Å²) in [6.45, 7) is 2.35. The van der Waals surface area contributed by atoms with Crippen molar-refractivity contribution in [3.63, 3.8) is 0 Å². The Kier molecular flexibility index (Phi) is 5.79. The number of rotatable bonds is 5. The number of hydrogen-bond acceptors (Lipinski definition) is 3. The molecule has 0 fully saturated rings. The molecule has 0 bridgehead atoms. The molecule has 2 aromatic rings. The number of halogens is 1. The van der Waals surface area contributed by atoms with Gasteiger partial charge in [0.1, 0.15) is 0 Å². The van der Waals surface area contributed by atoms with Crippen LogP contribution in [0.3, 0.4) is 0 Å². The molecule has 0 saturated heterocycles. The molecule has 0 aliphatic rings. The standard InChI is InChI=1S/C17H19BrN2O3S/c1-12-6-4-5-7-13(12)11-19-17(21)15-10-14(8-9-16(15)18)24(22,23)20(2)3/h4-10H,11H2,1-3H3,(H,19,21). The van der Waals surface area contributed by atoms with Crippen molar-refractivity contribution in [3.05, 3.63) is 63.6 Å². The van der Waals surface area contributed by atoms with Crippen molar-refractivity contribution in [3.8, 4) is 0 Å². The maximum atomic E-state index is 12.4. The molecule has 1 N–H and O–H groups in total. The number of carbonyl (C=O) groups excluding carboxylic acids is 1. The smallest absolute Gasteiger partial charge is 0.252 e. The van der Waals surface area contributed by atoms with Gasteiger partial charge in [0.25, 0.3) is 5.91 Å². The second-order valence-electron chi connectivity index (χ2n) is 5.54. The Morgan fingerprint density at radius 1 is 1.17 bits per heavy atom. The number of carbonyl (C=O) groups is 1. The quantitative estimate of drug-likeness (QED) is 0.823. The summed E-state index contributed by atoms with van der Waals surface area (Å²) < 4.78 is 26.1. The number of sulfonamides is 1. The first-order chi connectivity index (χ1) is 11.2. The highest BCUT2D eigenvalue weighted by molar-refractivity contribution is 9.10. The average molecular weight is 411 g/mol. The summed E-state index contributed by atoms with van der Waals surface area (Å²) in [5, 5.41) is 2.83. The number of hydrogen-bond donors (Lipinski definition) is 1. The zero-order valence-electron chi connectivity index (χ0n) is 13.7. The Morgan fingerprint density at radius 3 is 2.46 bits per heavy atom. The summed E-state index contributed by atoms with van der Waals surface area (Å²) in [7, 11) is -0.684. The van der Waals surface area contributed by atoms with Gasteiger partial charge in [0, 0.05) is 25.1 Å². The summed E-state index contributed by atoms with van der Waals surface area (Å²) in [5.74, 6) is -0.332. The number of benzene rings is 2. The number of amides is 1. The van der Waals surface area contributed by atoms with E-state index in [0.29, 0.717) is 11.0 Å². The van der Waals surface area contributed by atoms with Crippen molar-refractivity contribution < 1.29 is 13.2 Å². The van der Waals surface area contributed by atoms with Gasteiger partial charge in [-0.3, -0.25) is 4.79 Å². The van der Waals surface area contributed by atoms with Gasteiger partial charge < -0.3 is 5.32 Å². The summed E-state index contributed by atoms with van der Waals surface area (Å²) in [5.41, 5.74) is 2.38. The van der Waals surface area contributed by atoms with Crippen molar-refractivity contribution >= 4 is 31.9 Å². The molecule has 0 saturated carbocycles. The van der Waals surface area contributed by atoms with Crippen molar-refractivity contribution in [1.29, 1.82) is 0 Å². The minimum absolute atomic E-state index is 0.0803. The maximum absolute atomic E-state index is 12.4. The van der Waals surface area contributed by atoms with E-state index < -0.39 is 10.0 Å². The third-order valence-electron chi connectivity index (χ3n) is 3.66. The van der Waals surface area contributed by atoms with Crippen LogP contribution >= 0.6 is 15.9 Å². The van der Waals surface area contributed by atoms with Crippen LogP contribution in [0.15, 0.2) is 51.8 Å². The van der Waals surface area contributed by atoms with E-state index in [1.54, 1.807) is 6.07 Å². The molecule has 128 valence electrons. The Bertz CT molecular complexity index is 864. The van der Waals surface area contributed by atoms with E-state index in [9.17, 15) is 13.2 Å². The Labute approximate surface area is 150 Å². The summed E-state index contributed by atoms with van der Waals surface area (Å²) >= 11 is 3.31. The van der Waals surface area contributed by atoms with E-state index in [4.69, 9.17) is 0 Å². The molecule has 0 heterocycles. The highest BCUT2D eigenvalue weighted by Crippen LogP contribution is 2.22. The highest BCUT2D eigenvalue weighted by Gasteiger charge is 2.20. The van der Waals surface area contributed by atoms with Crippen LogP contribution in [0.5, 0.6) is 0 Å². The molecule has 0 aliphatic carbocycles. The molecule has 0 spiro atoms. The van der Waals surface area contributed by atoms with Gasteiger partial charge in [-0.15, -0.1) is 0 Å². The predicted octanol–water partition coefficient (Wildman–Crippen LogP) is 2.94. The molecule has 0 aromatic heterocycles. The van der Waals surface area contributed by atoms with E-state index in [1.165, 1.54) is 26.2 Å². The van der Waals surface area contributed by atoms with Gasteiger partial charge in [0.15, 0.2) is 0 Å². The molecule has 0 radical (unpaired) electrons. The lowest BCUT2D eigenvalue weighted by Crippen LogP contribution is -2.25. The minimum atomic E-state index is -3.59. The second-order valence-corrected chi connectivity index (χ2v) is 8.54. The molecule has 0 aliphatic heterocycles. The molecule has 2 aromatic carbocycles. The SMILES string of the molecule is Cc1ccccc1CNC(=O)c1cc(S(=O)(=O)N(C)C)ccc1Br. The van der Waals surface area contributed by atoms with Crippen molar-refractivity contribution in [2.45, 2.75) is 18.4 Å². The first kappa shape index (κ1) is 18.6. The monoisotopic (exact) mass is 410 g/mol. The van der Waals surface area contributed by atoms with Crippen LogP contribution in [0, 0.1) is 6.92 Å². The first-order valence-corrected chi connectivity index (χ1v) is 9.51. The molecule has 24 heavy (non-hydrogen) atoms. The van der Waals surface area contributed by atoms with Crippen molar-refractivity contribution in [2.24, 2.45) is 0 Å². The largest absolute Gasteiger partial charge is 0.348 e. The minimum Gasteiger partial charge on any atom is -0.348 e. The Hall–Kier alpha value is -1.70. The van der Waals surface area contributed by atoms with E-state index in [2.05, 4.69) is 21.2 Å². The van der Waals surface area contributed by atoms with Crippen LogP contribution in [0.25, 0.3) is 0 Å². The Morgan fingerprint density at radius 2 is 1.83 bits per heavy atom. The van der Waals surface area contributed by atoms with Crippen LogP contribution in [-0.2, 0) is 16.6 Å². The fourth-order valence-corrected chi connectivity index (χ4v) is 3.48. The lowest BCUT2D eigenvalue weighted by atomic mass is 10.1.